The van der Waals surface area contributed by atoms with Crippen LogP contribution < -0.4 is 10.5 Å². The molecule has 1 saturated carbocycles. The van der Waals surface area contributed by atoms with Crippen molar-refractivity contribution in [3.8, 4) is 5.75 Å². The Labute approximate surface area is 121 Å². The summed E-state index contributed by atoms with van der Waals surface area (Å²) in [4.78, 5) is 0. The van der Waals surface area contributed by atoms with Gasteiger partial charge in [0.1, 0.15) is 0 Å². The molecular formula is C15H27N3O2. The summed E-state index contributed by atoms with van der Waals surface area (Å²) in [6.45, 7) is 5.58. The Morgan fingerprint density at radius 1 is 1.35 bits per heavy atom. The van der Waals surface area contributed by atoms with E-state index in [-0.39, 0.29) is 11.6 Å². The summed E-state index contributed by atoms with van der Waals surface area (Å²) in [5.41, 5.74) is 7.31. The van der Waals surface area contributed by atoms with E-state index in [2.05, 4.69) is 12.0 Å². The fourth-order valence-corrected chi connectivity index (χ4v) is 3.33. The molecule has 5 nitrogen and oxygen atoms in total. The smallest absolute Gasteiger partial charge is 0.161 e. The number of rotatable bonds is 6. The maximum absolute atomic E-state index is 6.62. The molecule has 0 radical (unpaired) electrons. The molecule has 2 N–H and O–H groups in total. The summed E-state index contributed by atoms with van der Waals surface area (Å²) in [5.74, 6) is 0.768. The topological polar surface area (TPSA) is 62.3 Å². The SMILES string of the molecule is CCOC1(C(N)c2c(OC)cnn2CC)CCCCC1. The van der Waals surface area contributed by atoms with Crippen LogP contribution in [-0.4, -0.2) is 29.1 Å². The zero-order valence-electron chi connectivity index (χ0n) is 12.9. The Balaban J connectivity index is 2.35. The number of hydrogen-bond acceptors (Lipinski definition) is 4. The van der Waals surface area contributed by atoms with E-state index in [1.54, 1.807) is 13.3 Å². The van der Waals surface area contributed by atoms with Gasteiger partial charge in [-0.15, -0.1) is 0 Å². The lowest BCUT2D eigenvalue weighted by molar-refractivity contribution is -0.0849. The largest absolute Gasteiger partial charge is 0.493 e. The van der Waals surface area contributed by atoms with E-state index in [9.17, 15) is 0 Å². The van der Waals surface area contributed by atoms with Gasteiger partial charge in [0, 0.05) is 13.2 Å². The molecule has 0 spiro atoms. The van der Waals surface area contributed by atoms with Crippen LogP contribution in [-0.2, 0) is 11.3 Å². The molecule has 1 aromatic heterocycles. The first-order chi connectivity index (χ1) is 9.68. The Kier molecular flexibility index (Phi) is 5.05. The maximum atomic E-state index is 6.62. The molecule has 0 bridgehead atoms. The van der Waals surface area contributed by atoms with E-state index in [4.69, 9.17) is 15.2 Å². The van der Waals surface area contributed by atoms with Crippen LogP contribution in [0.15, 0.2) is 6.20 Å². The van der Waals surface area contributed by atoms with E-state index < -0.39 is 0 Å². The third-order valence-corrected chi connectivity index (χ3v) is 4.36. The molecule has 1 heterocycles. The van der Waals surface area contributed by atoms with Crippen LogP contribution in [0.5, 0.6) is 5.75 Å². The van der Waals surface area contributed by atoms with Crippen LogP contribution in [0.3, 0.4) is 0 Å². The highest BCUT2D eigenvalue weighted by atomic mass is 16.5. The lowest BCUT2D eigenvalue weighted by atomic mass is 9.78. The lowest BCUT2D eigenvalue weighted by Gasteiger charge is -2.41. The van der Waals surface area contributed by atoms with Crippen molar-refractivity contribution >= 4 is 0 Å². The van der Waals surface area contributed by atoms with Crippen molar-refractivity contribution in [1.82, 2.24) is 9.78 Å². The lowest BCUT2D eigenvalue weighted by Crippen LogP contribution is -2.46. The van der Waals surface area contributed by atoms with Gasteiger partial charge in [-0.3, -0.25) is 4.68 Å². The molecule has 5 heteroatoms. The zero-order valence-corrected chi connectivity index (χ0v) is 12.9. The van der Waals surface area contributed by atoms with Gasteiger partial charge >= 0.3 is 0 Å². The second-order valence-electron chi connectivity index (χ2n) is 5.45. The first-order valence-electron chi connectivity index (χ1n) is 7.67. The third kappa shape index (κ3) is 2.69. The fourth-order valence-electron chi connectivity index (χ4n) is 3.33. The standard InChI is InChI=1S/C15H27N3O2/c1-4-18-13(12(19-3)11-17-18)14(16)15(20-5-2)9-7-6-8-10-15/h11,14H,4-10,16H2,1-3H3. The normalized spacial score (nSPS) is 19.8. The molecule has 0 aliphatic heterocycles. The number of ether oxygens (including phenoxy) is 2. The third-order valence-electron chi connectivity index (χ3n) is 4.36. The van der Waals surface area contributed by atoms with Crippen molar-refractivity contribution in [2.75, 3.05) is 13.7 Å². The first kappa shape index (κ1) is 15.3. The van der Waals surface area contributed by atoms with E-state index in [1.165, 1.54) is 19.3 Å². The summed E-state index contributed by atoms with van der Waals surface area (Å²) in [6, 6.07) is -0.194. The maximum Gasteiger partial charge on any atom is 0.161 e. The van der Waals surface area contributed by atoms with Gasteiger partial charge in [-0.05, 0) is 26.7 Å². The fraction of sp³-hybridized carbons (Fsp3) is 0.800. The van der Waals surface area contributed by atoms with Crippen LogP contribution in [0.25, 0.3) is 0 Å². The highest BCUT2D eigenvalue weighted by Gasteiger charge is 2.42. The van der Waals surface area contributed by atoms with E-state index in [0.29, 0.717) is 6.61 Å². The molecule has 1 unspecified atom stereocenters. The second kappa shape index (κ2) is 6.59. The minimum absolute atomic E-state index is 0.194. The van der Waals surface area contributed by atoms with Gasteiger partial charge in [-0.2, -0.15) is 5.10 Å². The highest BCUT2D eigenvalue weighted by Crippen LogP contribution is 2.42. The summed E-state index contributed by atoms with van der Waals surface area (Å²) in [6.07, 6.45) is 7.40. The molecular weight excluding hydrogens is 254 g/mol. The van der Waals surface area contributed by atoms with Crippen molar-refractivity contribution in [1.29, 1.82) is 0 Å². The van der Waals surface area contributed by atoms with Crippen molar-refractivity contribution < 1.29 is 9.47 Å². The second-order valence-corrected chi connectivity index (χ2v) is 5.45. The van der Waals surface area contributed by atoms with Crippen LogP contribution >= 0.6 is 0 Å². The van der Waals surface area contributed by atoms with Crippen LogP contribution in [0, 0.1) is 0 Å². The van der Waals surface area contributed by atoms with Crippen LogP contribution in [0.2, 0.25) is 0 Å². The van der Waals surface area contributed by atoms with Crippen molar-refractivity contribution in [3.63, 3.8) is 0 Å². The molecule has 0 saturated heterocycles. The Bertz CT molecular complexity index is 398. The zero-order chi connectivity index (χ0) is 14.6. The number of aryl methyl sites for hydroxylation is 1. The molecule has 1 aromatic rings. The van der Waals surface area contributed by atoms with Gasteiger partial charge < -0.3 is 15.2 Å². The van der Waals surface area contributed by atoms with E-state index in [0.717, 1.165) is 30.8 Å². The van der Waals surface area contributed by atoms with Gasteiger partial charge in [-0.25, -0.2) is 0 Å². The molecule has 2 rings (SSSR count). The molecule has 1 aliphatic rings. The number of aromatic nitrogens is 2. The van der Waals surface area contributed by atoms with Gasteiger partial charge in [0.15, 0.2) is 5.75 Å². The van der Waals surface area contributed by atoms with Gasteiger partial charge in [0.2, 0.25) is 0 Å². The Morgan fingerprint density at radius 3 is 2.60 bits per heavy atom. The molecule has 0 aromatic carbocycles. The van der Waals surface area contributed by atoms with Crippen molar-refractivity contribution in [3.05, 3.63) is 11.9 Å². The summed E-state index contributed by atoms with van der Waals surface area (Å²) in [7, 11) is 1.67. The monoisotopic (exact) mass is 281 g/mol. The summed E-state index contributed by atoms with van der Waals surface area (Å²) < 4.78 is 13.5. The van der Waals surface area contributed by atoms with Gasteiger partial charge in [-0.1, -0.05) is 19.3 Å². The van der Waals surface area contributed by atoms with E-state index in [1.807, 2.05) is 11.6 Å². The average Bonchev–Trinajstić information content (AvgIpc) is 2.90. The minimum Gasteiger partial charge on any atom is -0.493 e. The Hall–Kier alpha value is -1.07. The van der Waals surface area contributed by atoms with Crippen molar-refractivity contribution in [2.45, 2.75) is 64.1 Å². The van der Waals surface area contributed by atoms with Crippen molar-refractivity contribution in [2.24, 2.45) is 5.73 Å². The van der Waals surface area contributed by atoms with Crippen LogP contribution in [0.4, 0.5) is 0 Å². The van der Waals surface area contributed by atoms with E-state index >= 15 is 0 Å². The van der Waals surface area contributed by atoms with Crippen LogP contribution in [0.1, 0.15) is 57.7 Å². The molecule has 0 amide bonds. The van der Waals surface area contributed by atoms with Gasteiger partial charge in [0.25, 0.3) is 0 Å². The highest BCUT2D eigenvalue weighted by molar-refractivity contribution is 5.30. The quantitative estimate of drug-likeness (QED) is 0.870. The first-order valence-corrected chi connectivity index (χ1v) is 7.67. The number of nitrogens with zero attached hydrogens (tertiary/aromatic N) is 2. The number of nitrogens with two attached hydrogens (primary N) is 1. The molecule has 20 heavy (non-hydrogen) atoms. The number of methoxy groups -OCH3 is 1. The molecule has 1 fully saturated rings. The van der Waals surface area contributed by atoms with Gasteiger partial charge in [0.05, 0.1) is 30.6 Å². The predicted molar refractivity (Wildman–Crippen MR) is 78.8 cm³/mol. The Morgan fingerprint density at radius 2 is 2.05 bits per heavy atom. The predicted octanol–water partition coefficient (Wildman–Crippen LogP) is 2.65. The molecule has 1 aliphatic carbocycles. The minimum atomic E-state index is -0.271. The molecule has 1 atom stereocenters. The molecule has 114 valence electrons. The summed E-state index contributed by atoms with van der Waals surface area (Å²) in [5, 5.41) is 4.37. The number of hydrogen-bond donors (Lipinski definition) is 1. The summed E-state index contributed by atoms with van der Waals surface area (Å²) >= 11 is 0. The average molecular weight is 281 g/mol.